The number of hydrogen-bond donors (Lipinski definition) is 1. The number of methoxy groups -OCH3 is 1. The summed E-state index contributed by atoms with van der Waals surface area (Å²) in [6.45, 7) is 4.40. The quantitative estimate of drug-likeness (QED) is 0.715. The molecule has 106 valence electrons. The smallest absolute Gasteiger partial charge is 0.337 e. The molecule has 1 N–H and O–H groups in total. The van der Waals surface area contributed by atoms with Crippen molar-refractivity contribution in [2.24, 2.45) is 5.41 Å². The summed E-state index contributed by atoms with van der Waals surface area (Å²) in [7, 11) is 1.41. The number of carbonyl (C=O) groups excluding carboxylic acids is 1. The number of allylic oxidation sites excluding steroid dienone is 2. The number of rotatable bonds is 2. The van der Waals surface area contributed by atoms with Crippen LogP contribution in [0.1, 0.15) is 0 Å². The highest BCUT2D eigenvalue weighted by Crippen LogP contribution is 2.40. The minimum Gasteiger partial charge on any atom is -0.466 e. The molecule has 0 saturated carbocycles. The number of nitrogens with one attached hydrogen (secondary N) is 1. The highest BCUT2D eigenvalue weighted by molar-refractivity contribution is 5.91. The van der Waals surface area contributed by atoms with E-state index in [1.165, 1.54) is 12.8 Å². The van der Waals surface area contributed by atoms with Crippen molar-refractivity contribution < 1.29 is 14.3 Å². The molecular formula is C14H17N3O3. The average Bonchev–Trinajstić information content (AvgIpc) is 2.77. The van der Waals surface area contributed by atoms with Crippen molar-refractivity contribution in [2.45, 2.75) is 0 Å². The molecule has 1 spiro atoms. The van der Waals surface area contributed by atoms with E-state index in [0.717, 1.165) is 32.0 Å². The van der Waals surface area contributed by atoms with Gasteiger partial charge in [0.15, 0.2) is 0 Å². The molecule has 0 atom stereocenters. The maximum absolute atomic E-state index is 11.7. The third-order valence-electron chi connectivity index (χ3n) is 4.33. The Balaban J connectivity index is 1.50. The van der Waals surface area contributed by atoms with Gasteiger partial charge in [-0.2, -0.15) is 0 Å². The Morgan fingerprint density at radius 2 is 2.20 bits per heavy atom. The summed E-state index contributed by atoms with van der Waals surface area (Å²) in [5, 5.41) is 1.91. The van der Waals surface area contributed by atoms with Crippen LogP contribution in [0, 0.1) is 5.41 Å². The lowest BCUT2D eigenvalue weighted by atomic mass is 9.77. The van der Waals surface area contributed by atoms with Crippen molar-refractivity contribution in [3.05, 3.63) is 35.3 Å². The third kappa shape index (κ3) is 1.61. The molecule has 0 radical (unpaired) electrons. The number of hydrogen-bond acceptors (Lipinski definition) is 6. The molecule has 4 heterocycles. The molecule has 0 amide bonds. The number of esters is 1. The van der Waals surface area contributed by atoms with Crippen LogP contribution in [0.5, 0.6) is 0 Å². The van der Waals surface area contributed by atoms with Crippen molar-refractivity contribution in [3.8, 4) is 0 Å². The summed E-state index contributed by atoms with van der Waals surface area (Å²) in [6.07, 6.45) is 6.08. The van der Waals surface area contributed by atoms with Crippen LogP contribution in [0.25, 0.3) is 0 Å². The summed E-state index contributed by atoms with van der Waals surface area (Å²) in [6, 6.07) is 0. The van der Waals surface area contributed by atoms with Crippen molar-refractivity contribution in [3.63, 3.8) is 0 Å². The van der Waals surface area contributed by atoms with Gasteiger partial charge in [-0.25, -0.2) is 10.2 Å². The second-order valence-corrected chi connectivity index (χ2v) is 5.80. The zero-order chi connectivity index (χ0) is 13.7. The topological polar surface area (TPSA) is 54.0 Å². The Morgan fingerprint density at radius 1 is 1.40 bits per heavy atom. The van der Waals surface area contributed by atoms with Gasteiger partial charge < -0.3 is 14.4 Å². The van der Waals surface area contributed by atoms with Crippen LogP contribution in [0.2, 0.25) is 0 Å². The normalized spacial score (nSPS) is 26.1. The average molecular weight is 275 g/mol. The molecule has 0 aromatic carbocycles. The van der Waals surface area contributed by atoms with Gasteiger partial charge in [-0.1, -0.05) is 0 Å². The molecule has 4 rings (SSSR count). The van der Waals surface area contributed by atoms with E-state index in [0.29, 0.717) is 17.5 Å². The lowest BCUT2D eigenvalue weighted by Gasteiger charge is -2.56. The van der Waals surface area contributed by atoms with E-state index in [2.05, 4.69) is 16.4 Å². The summed E-state index contributed by atoms with van der Waals surface area (Å²) in [5.41, 5.74) is 6.31. The van der Waals surface area contributed by atoms with Gasteiger partial charge in [0.25, 0.3) is 0 Å². The number of hydrazine groups is 1. The lowest BCUT2D eigenvalue weighted by Crippen LogP contribution is -2.65. The molecule has 4 aliphatic rings. The summed E-state index contributed by atoms with van der Waals surface area (Å²) in [5.74, 6) is -0.272. The SMILES string of the molecule is COC(=O)C1=C2C=CC(N3CC4(COC4)C3)=CN2NC1. The Labute approximate surface area is 117 Å². The first-order valence-electron chi connectivity index (χ1n) is 6.78. The van der Waals surface area contributed by atoms with E-state index in [1.54, 1.807) is 0 Å². The van der Waals surface area contributed by atoms with Crippen molar-refractivity contribution in [1.82, 2.24) is 15.3 Å². The van der Waals surface area contributed by atoms with E-state index >= 15 is 0 Å². The van der Waals surface area contributed by atoms with Gasteiger partial charge in [-0.15, -0.1) is 0 Å². The van der Waals surface area contributed by atoms with Crippen molar-refractivity contribution in [1.29, 1.82) is 0 Å². The Morgan fingerprint density at radius 3 is 2.85 bits per heavy atom. The maximum Gasteiger partial charge on any atom is 0.337 e. The molecule has 2 saturated heterocycles. The first-order chi connectivity index (χ1) is 9.71. The lowest BCUT2D eigenvalue weighted by molar-refractivity contribution is -0.179. The van der Waals surface area contributed by atoms with Crippen LogP contribution in [0.3, 0.4) is 0 Å². The van der Waals surface area contributed by atoms with Crippen LogP contribution in [0.4, 0.5) is 0 Å². The van der Waals surface area contributed by atoms with E-state index in [4.69, 9.17) is 9.47 Å². The summed E-state index contributed by atoms with van der Waals surface area (Å²) in [4.78, 5) is 14.0. The zero-order valence-electron chi connectivity index (χ0n) is 11.4. The minimum atomic E-state index is -0.272. The molecule has 4 aliphatic heterocycles. The van der Waals surface area contributed by atoms with Crippen LogP contribution >= 0.6 is 0 Å². The first-order valence-corrected chi connectivity index (χ1v) is 6.78. The van der Waals surface area contributed by atoms with Crippen LogP contribution in [0.15, 0.2) is 35.3 Å². The maximum atomic E-state index is 11.7. The zero-order valence-corrected chi connectivity index (χ0v) is 11.4. The second kappa shape index (κ2) is 4.10. The molecule has 0 aliphatic carbocycles. The number of likely N-dealkylation sites (tertiary alicyclic amines) is 1. The monoisotopic (exact) mass is 275 g/mol. The Bertz CT molecular complexity index is 552. The number of nitrogens with zero attached hydrogens (tertiary/aromatic N) is 2. The molecule has 2 fully saturated rings. The van der Waals surface area contributed by atoms with Crippen molar-refractivity contribution in [2.75, 3.05) is 40.0 Å². The molecule has 0 bridgehead atoms. The molecule has 6 heteroatoms. The molecule has 20 heavy (non-hydrogen) atoms. The van der Waals surface area contributed by atoms with Gasteiger partial charge in [0, 0.05) is 25.8 Å². The van der Waals surface area contributed by atoms with E-state index < -0.39 is 0 Å². The van der Waals surface area contributed by atoms with Gasteiger partial charge >= 0.3 is 5.97 Å². The number of carbonyl (C=O) groups is 1. The van der Waals surface area contributed by atoms with E-state index in [-0.39, 0.29) is 5.97 Å². The van der Waals surface area contributed by atoms with Gasteiger partial charge in [0.1, 0.15) is 0 Å². The molecule has 0 aromatic heterocycles. The van der Waals surface area contributed by atoms with Crippen LogP contribution in [-0.4, -0.2) is 55.8 Å². The predicted octanol–water partition coefficient (Wildman–Crippen LogP) is -0.0229. The second-order valence-electron chi connectivity index (χ2n) is 5.80. The molecule has 0 unspecified atom stereocenters. The number of fused-ring (bicyclic) bond motifs is 1. The van der Waals surface area contributed by atoms with E-state index in [9.17, 15) is 4.79 Å². The van der Waals surface area contributed by atoms with E-state index in [1.807, 2.05) is 17.3 Å². The minimum absolute atomic E-state index is 0.272. The highest BCUT2D eigenvalue weighted by atomic mass is 16.5. The largest absolute Gasteiger partial charge is 0.466 e. The third-order valence-corrected chi connectivity index (χ3v) is 4.33. The van der Waals surface area contributed by atoms with Crippen LogP contribution < -0.4 is 5.43 Å². The van der Waals surface area contributed by atoms with Gasteiger partial charge in [-0.05, 0) is 12.2 Å². The number of ether oxygens (including phenoxy) is 2. The van der Waals surface area contributed by atoms with Crippen LogP contribution in [-0.2, 0) is 14.3 Å². The Hall–Kier alpha value is -1.79. The van der Waals surface area contributed by atoms with Gasteiger partial charge in [-0.3, -0.25) is 5.01 Å². The fourth-order valence-corrected chi connectivity index (χ4v) is 3.13. The predicted molar refractivity (Wildman–Crippen MR) is 70.9 cm³/mol. The fraction of sp³-hybridized carbons (Fsp3) is 0.500. The summed E-state index contributed by atoms with van der Waals surface area (Å²) >= 11 is 0. The molecule has 0 aromatic rings. The van der Waals surface area contributed by atoms with Gasteiger partial charge in [0.2, 0.25) is 0 Å². The fourth-order valence-electron chi connectivity index (χ4n) is 3.13. The van der Waals surface area contributed by atoms with Crippen molar-refractivity contribution >= 4 is 5.97 Å². The highest BCUT2D eigenvalue weighted by Gasteiger charge is 2.49. The van der Waals surface area contributed by atoms with Gasteiger partial charge in [0.05, 0.1) is 42.7 Å². The summed E-state index contributed by atoms with van der Waals surface area (Å²) < 4.78 is 10.1. The molecule has 6 nitrogen and oxygen atoms in total. The Kier molecular flexibility index (Phi) is 2.46. The standard InChI is InChI=1S/C14H17N3O3/c1-19-13(18)11-4-15-17-5-10(2-3-12(11)17)16-6-14(7-16)8-20-9-14/h2-3,5,15H,4,6-9H2,1H3. The molecular weight excluding hydrogens is 258 g/mol. The first kappa shape index (κ1) is 12.0.